The fraction of sp³-hybridized carbons (Fsp3) is 0.533. The van der Waals surface area contributed by atoms with Crippen LogP contribution < -0.4 is 5.32 Å². The third-order valence-electron chi connectivity index (χ3n) is 3.20. The molecule has 0 atom stereocenters. The van der Waals surface area contributed by atoms with Crippen molar-refractivity contribution in [3.05, 3.63) is 29.8 Å². The van der Waals surface area contributed by atoms with Crippen molar-refractivity contribution in [3.8, 4) is 0 Å². The van der Waals surface area contributed by atoms with Crippen molar-refractivity contribution in [3.63, 3.8) is 0 Å². The standard InChI is InChI=1S/C15H24N2O3S/c1-4-11-17(21(3,19)20)12-10-15(18)16-14-9-7-6-8-13(14)5-2/h6-9H,4-5,10-12H2,1-3H3,(H,16,18). The molecule has 21 heavy (non-hydrogen) atoms. The van der Waals surface area contributed by atoms with Crippen LogP contribution in [0.2, 0.25) is 0 Å². The van der Waals surface area contributed by atoms with Crippen molar-refractivity contribution in [1.82, 2.24) is 4.31 Å². The van der Waals surface area contributed by atoms with Gasteiger partial charge in [0.05, 0.1) is 6.26 Å². The minimum Gasteiger partial charge on any atom is -0.326 e. The smallest absolute Gasteiger partial charge is 0.225 e. The molecule has 0 spiro atoms. The number of rotatable bonds is 8. The molecule has 0 unspecified atom stereocenters. The minimum atomic E-state index is -3.26. The van der Waals surface area contributed by atoms with E-state index in [1.807, 2.05) is 38.1 Å². The average molecular weight is 312 g/mol. The molecule has 0 radical (unpaired) electrons. The Hall–Kier alpha value is -1.40. The summed E-state index contributed by atoms with van der Waals surface area (Å²) in [7, 11) is -3.26. The highest BCUT2D eigenvalue weighted by Gasteiger charge is 2.17. The number of nitrogens with one attached hydrogen (secondary N) is 1. The number of aryl methyl sites for hydroxylation is 1. The lowest BCUT2D eigenvalue weighted by atomic mass is 10.1. The second-order valence-corrected chi connectivity index (χ2v) is 6.95. The first-order chi connectivity index (χ1) is 9.88. The van der Waals surface area contributed by atoms with Crippen LogP contribution in [-0.2, 0) is 21.2 Å². The molecule has 0 bridgehead atoms. The van der Waals surface area contributed by atoms with Crippen molar-refractivity contribution in [1.29, 1.82) is 0 Å². The van der Waals surface area contributed by atoms with E-state index < -0.39 is 10.0 Å². The van der Waals surface area contributed by atoms with Gasteiger partial charge in [0.2, 0.25) is 15.9 Å². The lowest BCUT2D eigenvalue weighted by Crippen LogP contribution is -2.33. The molecule has 0 aliphatic carbocycles. The van der Waals surface area contributed by atoms with Crippen molar-refractivity contribution in [2.75, 3.05) is 24.7 Å². The molecule has 0 fully saturated rings. The quantitative estimate of drug-likeness (QED) is 0.800. The maximum atomic E-state index is 12.0. The molecule has 5 nitrogen and oxygen atoms in total. The molecule has 6 heteroatoms. The zero-order valence-electron chi connectivity index (χ0n) is 12.9. The monoisotopic (exact) mass is 312 g/mol. The van der Waals surface area contributed by atoms with Gasteiger partial charge in [-0.3, -0.25) is 4.79 Å². The highest BCUT2D eigenvalue weighted by atomic mass is 32.2. The predicted octanol–water partition coefficient (Wildman–Crippen LogP) is 2.25. The number of amides is 1. The molecule has 1 aromatic rings. The van der Waals surface area contributed by atoms with Gasteiger partial charge in [0, 0.05) is 25.2 Å². The molecule has 1 aromatic carbocycles. The predicted molar refractivity (Wildman–Crippen MR) is 85.8 cm³/mol. The Kier molecular flexibility index (Phi) is 6.84. The SMILES string of the molecule is CCCN(CCC(=O)Nc1ccccc1CC)S(C)(=O)=O. The molecule has 0 aliphatic rings. The van der Waals surface area contributed by atoms with E-state index in [-0.39, 0.29) is 18.9 Å². The molecule has 0 heterocycles. The number of nitrogens with zero attached hydrogens (tertiary/aromatic N) is 1. The van der Waals surface area contributed by atoms with Gasteiger partial charge in [0.1, 0.15) is 0 Å². The average Bonchev–Trinajstić information content (AvgIpc) is 2.42. The van der Waals surface area contributed by atoms with Gasteiger partial charge in [-0.25, -0.2) is 12.7 Å². The molecule has 0 saturated heterocycles. The van der Waals surface area contributed by atoms with Crippen LogP contribution in [0.3, 0.4) is 0 Å². The summed E-state index contributed by atoms with van der Waals surface area (Å²) in [5.74, 6) is -0.166. The summed E-state index contributed by atoms with van der Waals surface area (Å²) in [6.45, 7) is 4.60. The first-order valence-corrected chi connectivity index (χ1v) is 9.06. The third kappa shape index (κ3) is 5.85. The normalized spacial score (nSPS) is 11.6. The molecule has 1 N–H and O–H groups in total. The van der Waals surface area contributed by atoms with Crippen LogP contribution >= 0.6 is 0 Å². The summed E-state index contributed by atoms with van der Waals surface area (Å²) in [5, 5.41) is 2.85. The van der Waals surface area contributed by atoms with E-state index in [0.29, 0.717) is 6.54 Å². The molecule has 1 amide bonds. The van der Waals surface area contributed by atoms with Gasteiger partial charge < -0.3 is 5.32 Å². The number of carbonyl (C=O) groups excluding carboxylic acids is 1. The highest BCUT2D eigenvalue weighted by Crippen LogP contribution is 2.15. The van der Waals surface area contributed by atoms with Gasteiger partial charge in [0.15, 0.2) is 0 Å². The maximum Gasteiger partial charge on any atom is 0.225 e. The Morgan fingerprint density at radius 3 is 2.43 bits per heavy atom. The molecule has 118 valence electrons. The topological polar surface area (TPSA) is 66.5 Å². The van der Waals surface area contributed by atoms with Gasteiger partial charge in [-0.05, 0) is 24.5 Å². The molecule has 0 saturated carbocycles. The Balaban J connectivity index is 2.61. The number of para-hydroxylation sites is 1. The third-order valence-corrected chi connectivity index (χ3v) is 4.51. The second-order valence-electron chi connectivity index (χ2n) is 4.97. The Morgan fingerprint density at radius 2 is 1.86 bits per heavy atom. The lowest BCUT2D eigenvalue weighted by molar-refractivity contribution is -0.116. The van der Waals surface area contributed by atoms with Gasteiger partial charge in [-0.1, -0.05) is 32.0 Å². The highest BCUT2D eigenvalue weighted by molar-refractivity contribution is 7.88. The second kappa shape index (κ2) is 8.14. The van der Waals surface area contributed by atoms with Crippen LogP contribution in [-0.4, -0.2) is 38.0 Å². The lowest BCUT2D eigenvalue weighted by Gasteiger charge is -2.19. The number of anilines is 1. The summed E-state index contributed by atoms with van der Waals surface area (Å²) in [4.78, 5) is 12.0. The number of hydrogen-bond acceptors (Lipinski definition) is 3. The Morgan fingerprint density at radius 1 is 1.19 bits per heavy atom. The Bertz CT molecular complexity index is 570. The van der Waals surface area contributed by atoms with E-state index in [1.54, 1.807) is 0 Å². The van der Waals surface area contributed by atoms with Crippen molar-refractivity contribution >= 4 is 21.6 Å². The summed E-state index contributed by atoms with van der Waals surface area (Å²) >= 11 is 0. The summed E-state index contributed by atoms with van der Waals surface area (Å²) in [5.41, 5.74) is 1.87. The van der Waals surface area contributed by atoms with E-state index in [2.05, 4.69) is 5.32 Å². The zero-order valence-corrected chi connectivity index (χ0v) is 13.7. The van der Waals surface area contributed by atoms with E-state index in [0.717, 1.165) is 24.1 Å². The fourth-order valence-electron chi connectivity index (χ4n) is 2.08. The zero-order chi connectivity index (χ0) is 15.9. The molecule has 0 aromatic heterocycles. The van der Waals surface area contributed by atoms with Crippen LogP contribution in [0, 0.1) is 0 Å². The van der Waals surface area contributed by atoms with Crippen LogP contribution in [0.15, 0.2) is 24.3 Å². The molecule has 0 aliphatic heterocycles. The van der Waals surface area contributed by atoms with E-state index >= 15 is 0 Å². The number of carbonyl (C=O) groups is 1. The molecular weight excluding hydrogens is 288 g/mol. The van der Waals surface area contributed by atoms with Crippen LogP contribution in [0.1, 0.15) is 32.3 Å². The van der Waals surface area contributed by atoms with Crippen LogP contribution in [0.4, 0.5) is 5.69 Å². The first-order valence-electron chi connectivity index (χ1n) is 7.21. The van der Waals surface area contributed by atoms with Gasteiger partial charge in [-0.15, -0.1) is 0 Å². The van der Waals surface area contributed by atoms with Gasteiger partial charge in [0.25, 0.3) is 0 Å². The van der Waals surface area contributed by atoms with E-state index in [1.165, 1.54) is 10.6 Å². The number of sulfonamides is 1. The molecular formula is C15H24N2O3S. The van der Waals surface area contributed by atoms with Gasteiger partial charge >= 0.3 is 0 Å². The van der Waals surface area contributed by atoms with E-state index in [9.17, 15) is 13.2 Å². The van der Waals surface area contributed by atoms with Crippen molar-refractivity contribution in [2.45, 2.75) is 33.1 Å². The fourth-order valence-corrected chi connectivity index (χ4v) is 3.02. The summed E-state index contributed by atoms with van der Waals surface area (Å²) in [6.07, 6.45) is 2.90. The largest absolute Gasteiger partial charge is 0.326 e. The summed E-state index contributed by atoms with van der Waals surface area (Å²) < 4.78 is 24.5. The number of hydrogen-bond donors (Lipinski definition) is 1. The van der Waals surface area contributed by atoms with Crippen molar-refractivity contribution < 1.29 is 13.2 Å². The first kappa shape index (κ1) is 17.7. The Labute approximate surface area is 127 Å². The minimum absolute atomic E-state index is 0.158. The summed E-state index contributed by atoms with van der Waals surface area (Å²) in [6, 6.07) is 7.63. The maximum absolute atomic E-state index is 12.0. The van der Waals surface area contributed by atoms with Gasteiger partial charge in [-0.2, -0.15) is 0 Å². The van der Waals surface area contributed by atoms with Crippen molar-refractivity contribution in [2.24, 2.45) is 0 Å². The van der Waals surface area contributed by atoms with Crippen LogP contribution in [0.25, 0.3) is 0 Å². The number of benzene rings is 1. The van der Waals surface area contributed by atoms with E-state index in [4.69, 9.17) is 0 Å². The van der Waals surface area contributed by atoms with Crippen LogP contribution in [0.5, 0.6) is 0 Å². The molecule has 1 rings (SSSR count).